The van der Waals surface area contributed by atoms with Gasteiger partial charge in [-0.1, -0.05) is 12.8 Å². The predicted molar refractivity (Wildman–Crippen MR) is 87.0 cm³/mol. The van der Waals surface area contributed by atoms with Crippen molar-refractivity contribution in [1.82, 2.24) is 9.80 Å². The van der Waals surface area contributed by atoms with Gasteiger partial charge in [-0.25, -0.2) is 0 Å². The molecule has 0 aromatic rings. The van der Waals surface area contributed by atoms with Gasteiger partial charge in [-0.15, -0.1) is 0 Å². The minimum absolute atomic E-state index is 0.178. The van der Waals surface area contributed by atoms with Crippen LogP contribution >= 0.6 is 0 Å². The van der Waals surface area contributed by atoms with E-state index in [0.29, 0.717) is 30.5 Å². The Morgan fingerprint density at radius 3 is 2.38 bits per heavy atom. The van der Waals surface area contributed by atoms with Crippen LogP contribution in [0.4, 0.5) is 0 Å². The van der Waals surface area contributed by atoms with Gasteiger partial charge >= 0.3 is 0 Å². The second kappa shape index (κ2) is 7.59. The lowest BCUT2D eigenvalue weighted by molar-refractivity contribution is -0.140. The van der Waals surface area contributed by atoms with Gasteiger partial charge in [0.05, 0.1) is 0 Å². The van der Waals surface area contributed by atoms with Crippen molar-refractivity contribution < 1.29 is 4.79 Å². The Hall–Kier alpha value is -0.610. The predicted octanol–water partition coefficient (Wildman–Crippen LogP) is 2.08. The third-order valence-electron chi connectivity index (χ3n) is 5.65. The van der Waals surface area contributed by atoms with Crippen molar-refractivity contribution in [2.45, 2.75) is 64.5 Å². The maximum atomic E-state index is 12.8. The second-order valence-electron chi connectivity index (χ2n) is 7.20. The van der Waals surface area contributed by atoms with E-state index in [9.17, 15) is 4.79 Å². The maximum Gasteiger partial charge on any atom is 0.226 e. The summed E-state index contributed by atoms with van der Waals surface area (Å²) in [5.74, 6) is 0.939. The molecule has 122 valence electrons. The first kappa shape index (κ1) is 16.8. The maximum absolute atomic E-state index is 12.8. The molecule has 21 heavy (non-hydrogen) atoms. The minimum Gasteiger partial charge on any atom is -0.342 e. The van der Waals surface area contributed by atoms with Gasteiger partial charge in [-0.2, -0.15) is 0 Å². The van der Waals surface area contributed by atoms with Crippen LogP contribution in [0.1, 0.15) is 52.4 Å². The van der Waals surface area contributed by atoms with Crippen LogP contribution in [0, 0.1) is 11.8 Å². The monoisotopic (exact) mass is 295 g/mol. The van der Waals surface area contributed by atoms with Crippen molar-refractivity contribution in [3.63, 3.8) is 0 Å². The van der Waals surface area contributed by atoms with Crippen LogP contribution in [0.5, 0.6) is 0 Å². The molecule has 0 radical (unpaired) electrons. The molecule has 1 saturated carbocycles. The van der Waals surface area contributed by atoms with Gasteiger partial charge in [0.25, 0.3) is 0 Å². The van der Waals surface area contributed by atoms with Gasteiger partial charge in [0.15, 0.2) is 0 Å². The Labute approximate surface area is 130 Å². The summed E-state index contributed by atoms with van der Waals surface area (Å²) in [6.07, 6.45) is 6.82. The number of nitrogens with two attached hydrogens (primary N) is 1. The minimum atomic E-state index is 0.178. The van der Waals surface area contributed by atoms with Crippen LogP contribution in [0.2, 0.25) is 0 Å². The fourth-order valence-corrected chi connectivity index (χ4v) is 4.05. The first-order valence-electron chi connectivity index (χ1n) is 8.75. The molecule has 0 aromatic heterocycles. The van der Waals surface area contributed by atoms with Gasteiger partial charge in [0.2, 0.25) is 5.91 Å². The molecule has 0 spiro atoms. The van der Waals surface area contributed by atoms with Crippen LogP contribution in [-0.4, -0.2) is 54.5 Å². The molecule has 2 atom stereocenters. The third kappa shape index (κ3) is 3.98. The summed E-state index contributed by atoms with van der Waals surface area (Å²) in [5.41, 5.74) is 5.88. The van der Waals surface area contributed by atoms with Gasteiger partial charge in [-0.05, 0) is 52.0 Å². The van der Waals surface area contributed by atoms with Crippen LogP contribution < -0.4 is 5.73 Å². The summed E-state index contributed by atoms with van der Waals surface area (Å²) >= 11 is 0. The topological polar surface area (TPSA) is 49.6 Å². The summed E-state index contributed by atoms with van der Waals surface area (Å²) in [7, 11) is 2.01. The molecule has 2 aliphatic rings. The lowest BCUT2D eigenvalue weighted by Crippen LogP contribution is -2.50. The highest BCUT2D eigenvalue weighted by Crippen LogP contribution is 2.31. The van der Waals surface area contributed by atoms with E-state index in [1.54, 1.807) is 0 Å². The van der Waals surface area contributed by atoms with Gasteiger partial charge in [0.1, 0.15) is 0 Å². The average molecular weight is 295 g/mol. The summed E-state index contributed by atoms with van der Waals surface area (Å²) in [6.45, 7) is 7.40. The van der Waals surface area contributed by atoms with Crippen molar-refractivity contribution in [1.29, 1.82) is 0 Å². The lowest BCUT2D eigenvalue weighted by Gasteiger charge is -2.41. The normalized spacial score (nSPS) is 28.8. The van der Waals surface area contributed by atoms with Crippen molar-refractivity contribution in [2.75, 3.05) is 26.7 Å². The fraction of sp³-hybridized carbons (Fsp3) is 0.941. The van der Waals surface area contributed by atoms with Crippen LogP contribution in [0.25, 0.3) is 0 Å². The quantitative estimate of drug-likeness (QED) is 0.864. The van der Waals surface area contributed by atoms with Crippen molar-refractivity contribution >= 4 is 5.91 Å². The average Bonchev–Trinajstić information content (AvgIpc) is 2.53. The summed E-state index contributed by atoms with van der Waals surface area (Å²) < 4.78 is 0. The second-order valence-corrected chi connectivity index (χ2v) is 7.20. The molecular formula is C17H33N3O. The Balaban J connectivity index is 1.90. The van der Waals surface area contributed by atoms with E-state index in [2.05, 4.69) is 23.6 Å². The smallest absolute Gasteiger partial charge is 0.226 e. The number of carbonyl (C=O) groups excluding carboxylic acids is 1. The molecule has 4 nitrogen and oxygen atoms in total. The number of hydrogen-bond donors (Lipinski definition) is 1. The Kier molecular flexibility index (Phi) is 6.06. The van der Waals surface area contributed by atoms with E-state index >= 15 is 0 Å². The number of hydrogen-bond acceptors (Lipinski definition) is 3. The Morgan fingerprint density at radius 1 is 1.19 bits per heavy atom. The van der Waals surface area contributed by atoms with Gasteiger partial charge < -0.3 is 15.5 Å². The van der Waals surface area contributed by atoms with Crippen molar-refractivity contribution in [2.24, 2.45) is 17.6 Å². The summed E-state index contributed by atoms with van der Waals surface area (Å²) in [6, 6.07) is 1.04. The standard InChI is InChI=1S/C17H33N3O/c1-13(2)20-10-8-15(9-11-20)19(3)17(21)16-7-5-4-6-14(16)12-18/h13-16H,4-12,18H2,1-3H3. The molecule has 2 rings (SSSR count). The number of nitrogens with zero attached hydrogens (tertiary/aromatic N) is 2. The molecule has 2 unspecified atom stereocenters. The molecule has 4 heteroatoms. The molecule has 1 heterocycles. The SMILES string of the molecule is CC(C)N1CCC(N(C)C(=O)C2CCCCC2CN)CC1. The lowest BCUT2D eigenvalue weighted by atomic mass is 9.78. The van der Waals surface area contributed by atoms with E-state index < -0.39 is 0 Å². The highest BCUT2D eigenvalue weighted by atomic mass is 16.2. The molecule has 1 saturated heterocycles. The summed E-state index contributed by atoms with van der Waals surface area (Å²) in [4.78, 5) is 17.4. The zero-order valence-corrected chi connectivity index (χ0v) is 14.1. The Bertz CT molecular complexity index is 337. The zero-order valence-electron chi connectivity index (χ0n) is 14.1. The third-order valence-corrected chi connectivity index (χ3v) is 5.65. The van der Waals surface area contributed by atoms with Crippen molar-refractivity contribution in [3.05, 3.63) is 0 Å². The van der Waals surface area contributed by atoms with E-state index in [4.69, 9.17) is 5.73 Å². The first-order valence-corrected chi connectivity index (χ1v) is 8.75. The highest BCUT2D eigenvalue weighted by molar-refractivity contribution is 5.79. The molecule has 1 aliphatic heterocycles. The number of amides is 1. The van der Waals surface area contributed by atoms with E-state index in [1.807, 2.05) is 7.05 Å². The molecule has 0 aromatic carbocycles. The summed E-state index contributed by atoms with van der Waals surface area (Å²) in [5, 5.41) is 0. The van der Waals surface area contributed by atoms with Gasteiger partial charge in [-0.3, -0.25) is 4.79 Å². The number of carbonyl (C=O) groups is 1. The number of rotatable bonds is 4. The number of likely N-dealkylation sites (tertiary alicyclic amines) is 1. The molecular weight excluding hydrogens is 262 g/mol. The van der Waals surface area contributed by atoms with Gasteiger partial charge in [0, 0.05) is 38.1 Å². The van der Waals surface area contributed by atoms with E-state index in [0.717, 1.165) is 38.8 Å². The number of piperidine rings is 1. The van der Waals surface area contributed by atoms with E-state index in [-0.39, 0.29) is 5.92 Å². The largest absolute Gasteiger partial charge is 0.342 e. The zero-order chi connectivity index (χ0) is 15.4. The van der Waals surface area contributed by atoms with Crippen LogP contribution in [0.3, 0.4) is 0 Å². The highest BCUT2D eigenvalue weighted by Gasteiger charge is 2.35. The van der Waals surface area contributed by atoms with E-state index in [1.165, 1.54) is 12.8 Å². The molecule has 1 amide bonds. The van der Waals surface area contributed by atoms with Crippen LogP contribution in [-0.2, 0) is 4.79 Å². The fourth-order valence-electron chi connectivity index (χ4n) is 4.05. The first-order chi connectivity index (χ1) is 10.0. The molecule has 2 N–H and O–H groups in total. The molecule has 2 fully saturated rings. The molecule has 1 aliphatic carbocycles. The Morgan fingerprint density at radius 2 is 1.81 bits per heavy atom. The van der Waals surface area contributed by atoms with Crippen molar-refractivity contribution in [3.8, 4) is 0 Å². The molecule has 0 bridgehead atoms. The van der Waals surface area contributed by atoms with Crippen LogP contribution in [0.15, 0.2) is 0 Å².